The van der Waals surface area contributed by atoms with Crippen molar-refractivity contribution in [3.05, 3.63) is 71.8 Å². The zero-order chi connectivity index (χ0) is 19.1. The topological polar surface area (TPSA) is 49.8 Å². The van der Waals surface area contributed by atoms with E-state index < -0.39 is 5.97 Å². The fourth-order valence-electron chi connectivity index (χ4n) is 3.64. The zero-order valence-electron chi connectivity index (χ0n) is 15.8. The number of methoxy groups -OCH3 is 1. The van der Waals surface area contributed by atoms with E-state index in [1.165, 1.54) is 11.1 Å². The predicted octanol–water partition coefficient (Wildman–Crippen LogP) is 4.31. The molecule has 0 saturated carbocycles. The molecule has 3 rings (SSSR count). The highest BCUT2D eigenvalue weighted by Gasteiger charge is 2.24. The van der Waals surface area contributed by atoms with Gasteiger partial charge < -0.3 is 14.7 Å². The van der Waals surface area contributed by atoms with E-state index in [9.17, 15) is 9.90 Å². The monoisotopic (exact) mass is 364 g/mol. The third-order valence-electron chi connectivity index (χ3n) is 5.13. The number of aliphatic carboxylic acids is 1. The van der Waals surface area contributed by atoms with Gasteiger partial charge in [0.1, 0.15) is 5.75 Å². The number of carboxylic acids is 1. The number of likely N-dealkylation sites (tertiary alicyclic amines) is 1. The van der Waals surface area contributed by atoms with Gasteiger partial charge in [-0.25, -0.2) is 0 Å². The summed E-state index contributed by atoms with van der Waals surface area (Å²) in [5.41, 5.74) is 3.54. The Labute approximate surface area is 161 Å². The molecule has 0 radical (unpaired) electrons. The van der Waals surface area contributed by atoms with Crippen LogP contribution in [0.15, 0.2) is 60.7 Å². The highest BCUT2D eigenvalue weighted by Crippen LogP contribution is 2.26. The molecule has 1 aliphatic heterocycles. The quantitative estimate of drug-likeness (QED) is 0.795. The highest BCUT2D eigenvalue weighted by molar-refractivity contribution is 5.80. The van der Waals surface area contributed by atoms with Crippen LogP contribution < -0.4 is 4.74 Å². The van der Waals surface area contributed by atoms with Crippen molar-refractivity contribution < 1.29 is 14.6 Å². The Morgan fingerprint density at radius 2 is 1.85 bits per heavy atom. The van der Waals surface area contributed by atoms with Gasteiger partial charge in [0.25, 0.3) is 0 Å². The molecule has 27 heavy (non-hydrogen) atoms. The SMILES string of the molecule is [11CH3]Oc1ccc(/C(=C/CCN2CCC[C@@H](C(=O)O)C2)c2ccccc2)cc1. The van der Waals surface area contributed by atoms with Gasteiger partial charge in [-0.15, -0.1) is 0 Å². The molecule has 4 heteroatoms. The molecule has 2 aromatic rings. The average Bonchev–Trinajstić information content (AvgIpc) is 2.72. The molecule has 1 atom stereocenters. The Morgan fingerprint density at radius 1 is 1.15 bits per heavy atom. The van der Waals surface area contributed by atoms with Crippen molar-refractivity contribution in [1.29, 1.82) is 0 Å². The number of benzene rings is 2. The van der Waals surface area contributed by atoms with Crippen molar-refractivity contribution in [3.63, 3.8) is 0 Å². The van der Waals surface area contributed by atoms with Crippen molar-refractivity contribution in [3.8, 4) is 5.75 Å². The summed E-state index contributed by atoms with van der Waals surface area (Å²) in [6.07, 6.45) is 4.91. The summed E-state index contributed by atoms with van der Waals surface area (Å²) in [5.74, 6) is -0.0458. The smallest absolute Gasteiger partial charge is 0.307 e. The van der Waals surface area contributed by atoms with Crippen LogP contribution >= 0.6 is 0 Å². The van der Waals surface area contributed by atoms with Crippen molar-refractivity contribution in [2.75, 3.05) is 26.7 Å². The first-order valence-electron chi connectivity index (χ1n) is 9.52. The van der Waals surface area contributed by atoms with Crippen LogP contribution in [0.1, 0.15) is 30.4 Å². The third-order valence-corrected chi connectivity index (χ3v) is 5.13. The lowest BCUT2D eigenvalue weighted by molar-refractivity contribution is -0.143. The van der Waals surface area contributed by atoms with Gasteiger partial charge in [0, 0.05) is 13.1 Å². The maximum absolute atomic E-state index is 11.3. The van der Waals surface area contributed by atoms with Crippen LogP contribution in [0.25, 0.3) is 5.57 Å². The number of carboxylic acid groups (broad SMARTS) is 1. The van der Waals surface area contributed by atoms with Crippen LogP contribution in [0.4, 0.5) is 0 Å². The molecule has 1 N–H and O–H groups in total. The Morgan fingerprint density at radius 3 is 2.52 bits per heavy atom. The minimum absolute atomic E-state index is 0.224. The molecule has 2 aromatic carbocycles. The number of hydrogen-bond donors (Lipinski definition) is 1. The highest BCUT2D eigenvalue weighted by atomic mass is 16.4. The normalized spacial score (nSPS) is 18.3. The molecular formula is C23H27NO3. The molecule has 1 saturated heterocycles. The van der Waals surface area contributed by atoms with Crippen LogP contribution in [0.5, 0.6) is 5.75 Å². The van der Waals surface area contributed by atoms with Gasteiger partial charge in [0.15, 0.2) is 0 Å². The van der Waals surface area contributed by atoms with Crippen LogP contribution in [0.2, 0.25) is 0 Å². The second kappa shape index (κ2) is 9.38. The van der Waals surface area contributed by atoms with Crippen LogP contribution in [-0.4, -0.2) is 42.7 Å². The van der Waals surface area contributed by atoms with E-state index in [1.54, 1.807) is 7.11 Å². The van der Waals surface area contributed by atoms with E-state index in [2.05, 4.69) is 47.4 Å². The first-order chi connectivity index (χ1) is 13.2. The minimum atomic E-state index is -0.668. The third kappa shape index (κ3) is 5.20. The lowest BCUT2D eigenvalue weighted by atomic mass is 9.96. The molecule has 0 amide bonds. The maximum atomic E-state index is 11.3. The number of carbonyl (C=O) groups is 1. The summed E-state index contributed by atoms with van der Waals surface area (Å²) in [6, 6.07) is 18.5. The lowest BCUT2D eigenvalue weighted by Gasteiger charge is -2.30. The largest absolute Gasteiger partial charge is 0.497 e. The Hall–Kier alpha value is -2.59. The average molecular weight is 364 g/mol. The van der Waals surface area contributed by atoms with Crippen molar-refractivity contribution >= 4 is 11.5 Å². The molecule has 0 spiro atoms. The number of nitrogens with zero attached hydrogens (tertiary/aromatic N) is 1. The van der Waals surface area contributed by atoms with Crippen molar-refractivity contribution in [2.24, 2.45) is 5.92 Å². The standard InChI is InChI=1S/C23H27NO3/c1-27-21-13-11-19(12-14-21)22(18-7-3-2-4-8-18)10-6-16-24-15-5-9-20(17-24)23(25)26/h2-4,7-8,10-14,20H,5-6,9,15-17H2,1H3,(H,25,26)/b22-10+/t20-/m1/s1/i1-1. The minimum Gasteiger partial charge on any atom is -0.497 e. The van der Waals surface area contributed by atoms with E-state index in [0.717, 1.165) is 43.7 Å². The lowest BCUT2D eigenvalue weighted by Crippen LogP contribution is -2.39. The fourth-order valence-corrected chi connectivity index (χ4v) is 3.64. The summed E-state index contributed by atoms with van der Waals surface area (Å²) >= 11 is 0. The molecule has 142 valence electrons. The van der Waals surface area contributed by atoms with Gasteiger partial charge in [-0.05, 0) is 54.6 Å². The van der Waals surface area contributed by atoms with Gasteiger partial charge in [-0.1, -0.05) is 48.5 Å². The van der Waals surface area contributed by atoms with Gasteiger partial charge in [-0.3, -0.25) is 4.79 Å². The Balaban J connectivity index is 1.73. The Bertz CT molecular complexity index is 768. The molecule has 0 aliphatic carbocycles. The van der Waals surface area contributed by atoms with Crippen LogP contribution in [-0.2, 0) is 4.79 Å². The van der Waals surface area contributed by atoms with Crippen LogP contribution in [0, 0.1) is 5.92 Å². The first-order valence-corrected chi connectivity index (χ1v) is 9.52. The van der Waals surface area contributed by atoms with Gasteiger partial charge in [-0.2, -0.15) is 0 Å². The molecular weight excluding hydrogens is 337 g/mol. The molecule has 0 aromatic heterocycles. The summed E-state index contributed by atoms with van der Waals surface area (Å²) in [4.78, 5) is 13.5. The van der Waals surface area contributed by atoms with Gasteiger partial charge >= 0.3 is 5.97 Å². The van der Waals surface area contributed by atoms with Gasteiger partial charge in [0.05, 0.1) is 13.0 Å². The number of ether oxygens (including phenoxy) is 1. The summed E-state index contributed by atoms with van der Waals surface area (Å²) < 4.78 is 5.27. The summed E-state index contributed by atoms with van der Waals surface area (Å²) in [6.45, 7) is 2.53. The molecule has 1 aliphatic rings. The maximum Gasteiger partial charge on any atom is 0.307 e. The van der Waals surface area contributed by atoms with E-state index >= 15 is 0 Å². The van der Waals surface area contributed by atoms with Crippen molar-refractivity contribution in [1.82, 2.24) is 4.90 Å². The molecule has 1 heterocycles. The Kier molecular flexibility index (Phi) is 6.66. The van der Waals surface area contributed by atoms with E-state index in [-0.39, 0.29) is 5.92 Å². The fraction of sp³-hybridized carbons (Fsp3) is 0.348. The van der Waals surface area contributed by atoms with E-state index in [1.807, 2.05) is 18.2 Å². The molecule has 1 fully saturated rings. The second-order valence-corrected chi connectivity index (χ2v) is 6.98. The first kappa shape index (κ1) is 19.2. The van der Waals surface area contributed by atoms with Gasteiger partial charge in [0.2, 0.25) is 0 Å². The summed E-state index contributed by atoms with van der Waals surface area (Å²) in [5, 5.41) is 9.26. The van der Waals surface area contributed by atoms with E-state index in [4.69, 9.17) is 4.74 Å². The molecule has 0 bridgehead atoms. The number of rotatable bonds is 7. The number of hydrogen-bond acceptors (Lipinski definition) is 3. The summed E-state index contributed by atoms with van der Waals surface area (Å²) in [7, 11) is 1.67. The molecule has 0 unspecified atom stereocenters. The van der Waals surface area contributed by atoms with Crippen LogP contribution in [0.3, 0.4) is 0 Å². The molecule has 4 nitrogen and oxygen atoms in total. The predicted molar refractivity (Wildman–Crippen MR) is 108 cm³/mol. The van der Waals surface area contributed by atoms with E-state index in [0.29, 0.717) is 6.54 Å². The second-order valence-electron chi connectivity index (χ2n) is 6.98. The zero-order valence-corrected chi connectivity index (χ0v) is 15.8. The van der Waals surface area contributed by atoms with Crippen molar-refractivity contribution in [2.45, 2.75) is 19.3 Å². The number of piperidine rings is 1.